The first-order chi connectivity index (χ1) is 12.3. The van der Waals surface area contributed by atoms with E-state index < -0.39 is 11.6 Å². The summed E-state index contributed by atoms with van der Waals surface area (Å²) >= 11 is 1.56. The van der Waals surface area contributed by atoms with Gasteiger partial charge in [0.2, 0.25) is 0 Å². The first kappa shape index (κ1) is 18.4. The predicted molar refractivity (Wildman–Crippen MR) is 98.3 cm³/mol. The molecule has 0 spiro atoms. The molecule has 0 radical (unpaired) electrons. The molecule has 0 unspecified atom stereocenters. The third-order valence-electron chi connectivity index (χ3n) is 3.85. The fraction of sp³-hybridized carbons (Fsp3) is 0.500. The summed E-state index contributed by atoms with van der Waals surface area (Å²) in [4.78, 5) is 27.0. The molecule has 0 atom stereocenters. The molecule has 1 saturated heterocycles. The Kier molecular flexibility index (Phi) is 5.04. The van der Waals surface area contributed by atoms with E-state index in [9.17, 15) is 9.59 Å². The van der Waals surface area contributed by atoms with Crippen LogP contribution in [0.4, 0.5) is 4.79 Å². The first-order valence-corrected chi connectivity index (χ1v) is 9.45. The molecular weight excluding hydrogens is 354 g/mol. The minimum Gasteiger partial charge on any atom is -0.461 e. The van der Waals surface area contributed by atoms with Crippen molar-refractivity contribution in [2.24, 2.45) is 0 Å². The van der Waals surface area contributed by atoms with Gasteiger partial charge < -0.3 is 14.4 Å². The van der Waals surface area contributed by atoms with Crippen molar-refractivity contribution in [2.75, 3.05) is 19.7 Å². The van der Waals surface area contributed by atoms with Gasteiger partial charge in [-0.25, -0.2) is 9.59 Å². The molecule has 0 bridgehead atoms. The number of amides is 1. The molecule has 0 aliphatic carbocycles. The smallest absolute Gasteiger partial charge is 0.410 e. The zero-order valence-electron chi connectivity index (χ0n) is 15.4. The number of hydrogen-bond acceptors (Lipinski definition) is 6. The van der Waals surface area contributed by atoms with Crippen LogP contribution in [0.3, 0.4) is 0 Å². The summed E-state index contributed by atoms with van der Waals surface area (Å²) in [5.41, 5.74) is 0.610. The van der Waals surface area contributed by atoms with Gasteiger partial charge >= 0.3 is 12.1 Å². The van der Waals surface area contributed by atoms with Crippen molar-refractivity contribution in [1.29, 1.82) is 0 Å². The molecule has 3 heterocycles. The zero-order valence-corrected chi connectivity index (χ0v) is 16.2. The zero-order chi connectivity index (χ0) is 18.9. The van der Waals surface area contributed by atoms with Crippen molar-refractivity contribution in [1.82, 2.24) is 14.7 Å². The summed E-state index contributed by atoms with van der Waals surface area (Å²) in [5.74, 6) is -0.404. The lowest BCUT2D eigenvalue weighted by Crippen LogP contribution is -2.52. The van der Waals surface area contributed by atoms with Crippen molar-refractivity contribution in [3.05, 3.63) is 29.3 Å². The van der Waals surface area contributed by atoms with Crippen molar-refractivity contribution in [2.45, 2.75) is 39.3 Å². The van der Waals surface area contributed by atoms with Gasteiger partial charge in [-0.05, 0) is 45.2 Å². The normalized spacial score (nSPS) is 14.8. The van der Waals surface area contributed by atoms with E-state index in [1.807, 2.05) is 38.3 Å². The number of rotatable bonds is 4. The highest BCUT2D eigenvalue weighted by Gasteiger charge is 2.37. The van der Waals surface area contributed by atoms with Crippen LogP contribution >= 0.6 is 11.3 Å². The van der Waals surface area contributed by atoms with Crippen LogP contribution in [0.25, 0.3) is 10.6 Å². The van der Waals surface area contributed by atoms with E-state index in [0.29, 0.717) is 25.4 Å². The molecule has 1 fully saturated rings. The van der Waals surface area contributed by atoms with Gasteiger partial charge in [-0.3, -0.25) is 4.68 Å². The van der Waals surface area contributed by atoms with Crippen LogP contribution in [0, 0.1) is 0 Å². The Hall–Kier alpha value is -2.35. The molecule has 8 heteroatoms. The number of ether oxygens (including phenoxy) is 2. The topological polar surface area (TPSA) is 73.7 Å². The Morgan fingerprint density at radius 2 is 2.08 bits per heavy atom. The fourth-order valence-electron chi connectivity index (χ4n) is 2.66. The van der Waals surface area contributed by atoms with Crippen molar-refractivity contribution < 1.29 is 19.1 Å². The highest BCUT2D eigenvalue weighted by atomic mass is 32.1. The second-order valence-electron chi connectivity index (χ2n) is 7.10. The highest BCUT2D eigenvalue weighted by Crippen LogP contribution is 2.29. The van der Waals surface area contributed by atoms with Gasteiger partial charge in [-0.15, -0.1) is 11.3 Å². The molecule has 1 amide bonds. The van der Waals surface area contributed by atoms with E-state index in [4.69, 9.17) is 9.47 Å². The monoisotopic (exact) mass is 377 g/mol. The summed E-state index contributed by atoms with van der Waals surface area (Å²) < 4.78 is 12.2. The van der Waals surface area contributed by atoms with E-state index in [2.05, 4.69) is 5.10 Å². The number of carbonyl (C=O) groups is 2. The Bertz CT molecular complexity index is 786. The molecule has 2 aromatic heterocycles. The molecule has 140 valence electrons. The molecular formula is C18H23N3O4S. The second kappa shape index (κ2) is 7.11. The summed E-state index contributed by atoms with van der Waals surface area (Å²) in [7, 11) is 0. The van der Waals surface area contributed by atoms with Crippen LogP contribution in [0.1, 0.15) is 44.2 Å². The van der Waals surface area contributed by atoms with E-state index in [0.717, 1.165) is 10.6 Å². The van der Waals surface area contributed by atoms with Crippen LogP contribution in [0.5, 0.6) is 0 Å². The number of likely N-dealkylation sites (tertiary alicyclic amines) is 1. The Morgan fingerprint density at radius 1 is 1.35 bits per heavy atom. The largest absolute Gasteiger partial charge is 0.461 e. The number of esters is 1. The average molecular weight is 377 g/mol. The standard InChI is InChI=1S/C18H23N3O4S/c1-5-24-16(22)14-9-13(15-7-6-8-26-15)19-21(14)12-10-20(11-12)17(23)25-18(2,3)4/h6-9,12H,5,10-11H2,1-4H3. The molecule has 0 aromatic carbocycles. The first-order valence-electron chi connectivity index (χ1n) is 8.57. The molecule has 0 saturated carbocycles. The minimum atomic E-state index is -0.531. The van der Waals surface area contributed by atoms with Gasteiger partial charge in [-0.1, -0.05) is 6.07 Å². The van der Waals surface area contributed by atoms with Crippen LogP contribution in [-0.4, -0.2) is 52.0 Å². The summed E-state index contributed by atoms with van der Waals surface area (Å²) in [6, 6.07) is 5.58. The molecule has 26 heavy (non-hydrogen) atoms. The SMILES string of the molecule is CCOC(=O)c1cc(-c2cccs2)nn1C1CN(C(=O)OC(C)(C)C)C1. The molecule has 2 aromatic rings. The van der Waals surface area contributed by atoms with Crippen molar-refractivity contribution >= 4 is 23.4 Å². The quantitative estimate of drug-likeness (QED) is 0.762. The van der Waals surface area contributed by atoms with Crippen LogP contribution in [0.15, 0.2) is 23.6 Å². The van der Waals surface area contributed by atoms with Gasteiger partial charge in [0.05, 0.1) is 17.5 Å². The Balaban J connectivity index is 1.77. The Labute approximate surface area is 156 Å². The number of carbonyl (C=O) groups excluding carboxylic acids is 2. The lowest BCUT2D eigenvalue weighted by molar-refractivity contribution is -0.000941. The van der Waals surface area contributed by atoms with Crippen LogP contribution in [-0.2, 0) is 9.47 Å². The fourth-order valence-corrected chi connectivity index (χ4v) is 3.34. The summed E-state index contributed by atoms with van der Waals surface area (Å²) in [6.45, 7) is 8.48. The summed E-state index contributed by atoms with van der Waals surface area (Å²) in [5, 5.41) is 6.56. The van der Waals surface area contributed by atoms with Gasteiger partial charge in [0, 0.05) is 13.1 Å². The van der Waals surface area contributed by atoms with Crippen LogP contribution < -0.4 is 0 Å². The predicted octanol–water partition coefficient (Wildman–Crippen LogP) is 3.58. The second-order valence-corrected chi connectivity index (χ2v) is 8.04. The lowest BCUT2D eigenvalue weighted by atomic mass is 10.1. The van der Waals surface area contributed by atoms with E-state index in [-0.39, 0.29) is 12.1 Å². The van der Waals surface area contributed by atoms with Gasteiger partial charge in [0.15, 0.2) is 0 Å². The van der Waals surface area contributed by atoms with E-state index in [1.54, 1.807) is 33.9 Å². The molecule has 1 aliphatic heterocycles. The number of thiophene rings is 1. The van der Waals surface area contributed by atoms with Gasteiger partial charge in [0.1, 0.15) is 17.0 Å². The maximum atomic E-state index is 12.3. The molecule has 3 rings (SSSR count). The molecule has 7 nitrogen and oxygen atoms in total. The highest BCUT2D eigenvalue weighted by molar-refractivity contribution is 7.13. The minimum absolute atomic E-state index is 0.0735. The van der Waals surface area contributed by atoms with Gasteiger partial charge in [-0.2, -0.15) is 5.10 Å². The number of aromatic nitrogens is 2. The van der Waals surface area contributed by atoms with Crippen molar-refractivity contribution in [3.63, 3.8) is 0 Å². The third-order valence-corrected chi connectivity index (χ3v) is 4.75. The summed E-state index contributed by atoms with van der Waals surface area (Å²) in [6.07, 6.45) is -0.350. The van der Waals surface area contributed by atoms with Crippen LogP contribution in [0.2, 0.25) is 0 Å². The van der Waals surface area contributed by atoms with Gasteiger partial charge in [0.25, 0.3) is 0 Å². The van der Waals surface area contributed by atoms with E-state index in [1.165, 1.54) is 0 Å². The number of hydrogen-bond donors (Lipinski definition) is 0. The van der Waals surface area contributed by atoms with Crippen molar-refractivity contribution in [3.8, 4) is 10.6 Å². The third kappa shape index (κ3) is 3.90. The maximum Gasteiger partial charge on any atom is 0.410 e. The molecule has 1 aliphatic rings. The number of nitrogens with zero attached hydrogens (tertiary/aromatic N) is 3. The maximum absolute atomic E-state index is 12.3. The molecule has 0 N–H and O–H groups in total. The average Bonchev–Trinajstić information content (AvgIpc) is 3.13. The Morgan fingerprint density at radius 3 is 2.65 bits per heavy atom. The van der Waals surface area contributed by atoms with E-state index >= 15 is 0 Å². The lowest BCUT2D eigenvalue weighted by Gasteiger charge is -2.40.